The molecular formula is C17H16N4O2. The van der Waals surface area contributed by atoms with Crippen molar-refractivity contribution in [1.82, 2.24) is 19.7 Å². The maximum Gasteiger partial charge on any atom is 0.275 e. The summed E-state index contributed by atoms with van der Waals surface area (Å²) in [5, 5.41) is 5.21. The van der Waals surface area contributed by atoms with Crippen molar-refractivity contribution in [1.29, 1.82) is 0 Å². The first kappa shape index (κ1) is 14.9. The topological polar surface area (TPSA) is 68.1 Å². The third-order valence-corrected chi connectivity index (χ3v) is 3.63. The van der Waals surface area contributed by atoms with Gasteiger partial charge in [-0.1, -0.05) is 24.3 Å². The number of amides is 1. The van der Waals surface area contributed by atoms with Crippen molar-refractivity contribution in [2.45, 2.75) is 6.54 Å². The molecule has 1 aromatic carbocycles. The van der Waals surface area contributed by atoms with Crippen LogP contribution in [0, 0.1) is 0 Å². The number of nitrogens with zero attached hydrogens (tertiary/aromatic N) is 4. The first-order valence-corrected chi connectivity index (χ1v) is 7.19. The molecule has 0 bridgehead atoms. The minimum absolute atomic E-state index is 0.218. The number of aromatic nitrogens is 3. The number of carbonyl (C=O) groups excluding carboxylic acids is 1. The SMILES string of the molecule is CN(Cc1ccccn1)C(=O)c1nn(C)c(=O)c2ccccc12. The van der Waals surface area contributed by atoms with Gasteiger partial charge in [0.1, 0.15) is 0 Å². The number of hydrogen-bond donors (Lipinski definition) is 0. The van der Waals surface area contributed by atoms with Gasteiger partial charge in [0.25, 0.3) is 11.5 Å². The standard InChI is InChI=1S/C17H16N4O2/c1-20(11-12-7-5-6-10-18-12)17(23)15-13-8-3-4-9-14(13)16(22)21(2)19-15/h3-10H,11H2,1-2H3. The number of carbonyl (C=O) groups is 1. The zero-order chi connectivity index (χ0) is 16.4. The number of pyridine rings is 1. The molecule has 0 atom stereocenters. The summed E-state index contributed by atoms with van der Waals surface area (Å²) < 4.78 is 1.20. The first-order valence-electron chi connectivity index (χ1n) is 7.19. The molecule has 3 rings (SSSR count). The van der Waals surface area contributed by atoms with Gasteiger partial charge in [0, 0.05) is 25.7 Å². The molecular weight excluding hydrogens is 292 g/mol. The summed E-state index contributed by atoms with van der Waals surface area (Å²) in [4.78, 5) is 30.6. The van der Waals surface area contributed by atoms with E-state index in [-0.39, 0.29) is 17.2 Å². The molecule has 0 radical (unpaired) electrons. The smallest absolute Gasteiger partial charge is 0.275 e. The van der Waals surface area contributed by atoms with E-state index < -0.39 is 0 Å². The van der Waals surface area contributed by atoms with Crippen LogP contribution in [-0.2, 0) is 13.6 Å². The van der Waals surface area contributed by atoms with E-state index in [0.717, 1.165) is 5.69 Å². The van der Waals surface area contributed by atoms with Crippen LogP contribution in [0.15, 0.2) is 53.5 Å². The predicted molar refractivity (Wildman–Crippen MR) is 87.0 cm³/mol. The van der Waals surface area contributed by atoms with E-state index >= 15 is 0 Å². The van der Waals surface area contributed by atoms with Gasteiger partial charge in [-0.05, 0) is 18.2 Å². The summed E-state index contributed by atoms with van der Waals surface area (Å²) in [6.45, 7) is 0.374. The molecule has 6 heteroatoms. The van der Waals surface area contributed by atoms with Crippen LogP contribution in [0.3, 0.4) is 0 Å². The summed E-state index contributed by atoms with van der Waals surface area (Å²) in [6, 6.07) is 12.6. The van der Waals surface area contributed by atoms with Crippen molar-refractivity contribution >= 4 is 16.7 Å². The molecule has 23 heavy (non-hydrogen) atoms. The molecule has 0 N–H and O–H groups in total. The summed E-state index contributed by atoms with van der Waals surface area (Å²) in [6.07, 6.45) is 1.69. The third kappa shape index (κ3) is 2.83. The molecule has 3 aromatic rings. The van der Waals surface area contributed by atoms with E-state index in [1.54, 1.807) is 49.5 Å². The van der Waals surface area contributed by atoms with Crippen LogP contribution in [0.2, 0.25) is 0 Å². The normalized spacial score (nSPS) is 10.7. The van der Waals surface area contributed by atoms with E-state index in [0.29, 0.717) is 17.3 Å². The van der Waals surface area contributed by atoms with Crippen molar-refractivity contribution in [3.63, 3.8) is 0 Å². The van der Waals surface area contributed by atoms with Gasteiger partial charge in [-0.25, -0.2) is 4.68 Å². The minimum atomic E-state index is -0.248. The van der Waals surface area contributed by atoms with Crippen LogP contribution in [0.4, 0.5) is 0 Å². The minimum Gasteiger partial charge on any atom is -0.334 e. The third-order valence-electron chi connectivity index (χ3n) is 3.63. The maximum atomic E-state index is 12.7. The summed E-state index contributed by atoms with van der Waals surface area (Å²) >= 11 is 0. The average molecular weight is 308 g/mol. The fourth-order valence-corrected chi connectivity index (χ4v) is 2.44. The van der Waals surface area contributed by atoms with Gasteiger partial charge in [-0.3, -0.25) is 14.6 Å². The highest BCUT2D eigenvalue weighted by Gasteiger charge is 2.19. The molecule has 0 saturated heterocycles. The highest BCUT2D eigenvalue weighted by molar-refractivity contribution is 6.04. The Hall–Kier alpha value is -3.02. The lowest BCUT2D eigenvalue weighted by molar-refractivity contribution is 0.0777. The maximum absolute atomic E-state index is 12.7. The van der Waals surface area contributed by atoms with Gasteiger partial charge < -0.3 is 4.90 Å². The predicted octanol–water partition coefficient (Wildman–Crippen LogP) is 1.60. The van der Waals surface area contributed by atoms with E-state index in [2.05, 4.69) is 10.1 Å². The Kier molecular flexibility index (Phi) is 3.89. The molecule has 6 nitrogen and oxygen atoms in total. The molecule has 116 valence electrons. The Morgan fingerprint density at radius 1 is 1.13 bits per heavy atom. The quantitative estimate of drug-likeness (QED) is 0.737. The van der Waals surface area contributed by atoms with Gasteiger partial charge in [0.15, 0.2) is 5.69 Å². The molecule has 0 aliphatic rings. The van der Waals surface area contributed by atoms with Crippen LogP contribution < -0.4 is 5.56 Å². The number of benzene rings is 1. The number of aryl methyl sites for hydroxylation is 1. The van der Waals surface area contributed by atoms with Crippen molar-refractivity contribution in [2.75, 3.05) is 7.05 Å². The van der Waals surface area contributed by atoms with E-state index in [1.807, 2.05) is 18.2 Å². The lowest BCUT2D eigenvalue weighted by Gasteiger charge is -2.17. The second kappa shape index (κ2) is 6.00. The Balaban J connectivity index is 2.01. The van der Waals surface area contributed by atoms with Crippen molar-refractivity contribution < 1.29 is 4.79 Å². The zero-order valence-electron chi connectivity index (χ0n) is 12.9. The monoisotopic (exact) mass is 308 g/mol. The largest absolute Gasteiger partial charge is 0.334 e. The zero-order valence-corrected chi connectivity index (χ0v) is 12.9. The highest BCUT2D eigenvalue weighted by atomic mass is 16.2. The van der Waals surface area contributed by atoms with E-state index in [9.17, 15) is 9.59 Å². The Morgan fingerprint density at radius 2 is 1.83 bits per heavy atom. The highest BCUT2D eigenvalue weighted by Crippen LogP contribution is 2.15. The van der Waals surface area contributed by atoms with Crippen LogP contribution in [0.25, 0.3) is 10.8 Å². The first-order chi connectivity index (χ1) is 11.1. The van der Waals surface area contributed by atoms with E-state index in [1.165, 1.54) is 4.68 Å². The number of hydrogen-bond acceptors (Lipinski definition) is 4. The van der Waals surface area contributed by atoms with Crippen LogP contribution >= 0.6 is 0 Å². The van der Waals surface area contributed by atoms with Gasteiger partial charge >= 0.3 is 0 Å². The van der Waals surface area contributed by atoms with Crippen molar-refractivity contribution in [3.05, 3.63) is 70.4 Å². The molecule has 0 aliphatic heterocycles. The molecule has 1 amide bonds. The molecule has 2 heterocycles. The molecule has 0 saturated carbocycles. The Morgan fingerprint density at radius 3 is 2.52 bits per heavy atom. The number of fused-ring (bicyclic) bond motifs is 1. The molecule has 0 spiro atoms. The van der Waals surface area contributed by atoms with Crippen LogP contribution in [0.1, 0.15) is 16.2 Å². The van der Waals surface area contributed by atoms with Gasteiger partial charge in [-0.2, -0.15) is 5.10 Å². The Bertz CT molecular complexity index is 919. The lowest BCUT2D eigenvalue weighted by atomic mass is 10.1. The van der Waals surface area contributed by atoms with Gasteiger partial charge in [0.2, 0.25) is 0 Å². The van der Waals surface area contributed by atoms with Crippen molar-refractivity contribution in [2.24, 2.45) is 7.05 Å². The van der Waals surface area contributed by atoms with Gasteiger partial charge in [0.05, 0.1) is 17.6 Å². The fraction of sp³-hybridized carbons (Fsp3) is 0.176. The number of rotatable bonds is 3. The summed E-state index contributed by atoms with van der Waals surface area (Å²) in [7, 11) is 3.24. The Labute approximate surface area is 133 Å². The molecule has 0 aliphatic carbocycles. The molecule has 0 unspecified atom stereocenters. The second-order valence-corrected chi connectivity index (χ2v) is 5.31. The van der Waals surface area contributed by atoms with Crippen LogP contribution in [0.5, 0.6) is 0 Å². The lowest BCUT2D eigenvalue weighted by Crippen LogP contribution is -2.31. The van der Waals surface area contributed by atoms with Gasteiger partial charge in [-0.15, -0.1) is 0 Å². The average Bonchev–Trinajstić information content (AvgIpc) is 2.58. The van der Waals surface area contributed by atoms with Crippen molar-refractivity contribution in [3.8, 4) is 0 Å². The summed E-state index contributed by atoms with van der Waals surface area (Å²) in [5.41, 5.74) is 0.836. The van der Waals surface area contributed by atoms with E-state index in [4.69, 9.17) is 0 Å². The summed E-state index contributed by atoms with van der Waals surface area (Å²) in [5.74, 6) is -0.248. The fourth-order valence-electron chi connectivity index (χ4n) is 2.44. The second-order valence-electron chi connectivity index (χ2n) is 5.31. The van der Waals surface area contributed by atoms with Crippen LogP contribution in [-0.4, -0.2) is 32.6 Å². The molecule has 2 aromatic heterocycles. The molecule has 0 fully saturated rings.